The van der Waals surface area contributed by atoms with Gasteiger partial charge in [-0.25, -0.2) is 5.84 Å². The summed E-state index contributed by atoms with van der Waals surface area (Å²) < 4.78 is 1.98. The van der Waals surface area contributed by atoms with Crippen LogP contribution in [0.15, 0.2) is 42.5 Å². The van der Waals surface area contributed by atoms with Crippen molar-refractivity contribution in [2.75, 3.05) is 0 Å². The zero-order valence-electron chi connectivity index (χ0n) is 10.4. The van der Waals surface area contributed by atoms with Gasteiger partial charge < -0.3 is 4.57 Å². The topological polar surface area (TPSA) is 60.0 Å². The van der Waals surface area contributed by atoms with Crippen LogP contribution in [0.1, 0.15) is 28.7 Å². The smallest absolute Gasteiger partial charge is 0.281 e. The summed E-state index contributed by atoms with van der Waals surface area (Å²) in [5, 5.41) is 0. The Morgan fingerprint density at radius 3 is 2.56 bits per heavy atom. The van der Waals surface area contributed by atoms with E-state index in [4.69, 9.17) is 5.84 Å². The molecule has 1 aromatic heterocycles. The zero-order valence-corrected chi connectivity index (χ0v) is 10.4. The maximum absolute atomic E-state index is 11.6. The summed E-state index contributed by atoms with van der Waals surface area (Å²) >= 11 is 0. The Bertz CT molecular complexity index is 531. The van der Waals surface area contributed by atoms with Crippen molar-refractivity contribution in [3.8, 4) is 0 Å². The van der Waals surface area contributed by atoms with Crippen LogP contribution in [0.4, 0.5) is 0 Å². The molecule has 18 heavy (non-hydrogen) atoms. The molecule has 2 aromatic rings. The van der Waals surface area contributed by atoms with Crippen LogP contribution in [0.25, 0.3) is 0 Å². The van der Waals surface area contributed by atoms with E-state index < -0.39 is 0 Å². The second-order valence-electron chi connectivity index (χ2n) is 4.09. The van der Waals surface area contributed by atoms with E-state index in [9.17, 15) is 4.79 Å². The number of carbonyl (C=O) groups is 1. The zero-order chi connectivity index (χ0) is 13.0. The largest absolute Gasteiger partial charge is 0.341 e. The van der Waals surface area contributed by atoms with Crippen molar-refractivity contribution in [1.82, 2.24) is 9.99 Å². The number of nitrogen functional groups attached to an aromatic ring is 1. The average molecular weight is 243 g/mol. The van der Waals surface area contributed by atoms with E-state index in [2.05, 4.69) is 17.6 Å². The van der Waals surface area contributed by atoms with E-state index in [1.807, 2.05) is 41.8 Å². The predicted octanol–water partition coefficient (Wildman–Crippen LogP) is 1.70. The van der Waals surface area contributed by atoms with Gasteiger partial charge in [0, 0.05) is 18.7 Å². The third-order valence-electron chi connectivity index (χ3n) is 2.98. The number of rotatable bonds is 4. The Kier molecular flexibility index (Phi) is 3.79. The molecule has 0 aliphatic rings. The molecule has 0 bridgehead atoms. The van der Waals surface area contributed by atoms with Crippen molar-refractivity contribution in [3.63, 3.8) is 0 Å². The molecular formula is C14H17N3O. The second kappa shape index (κ2) is 5.51. The quantitative estimate of drug-likeness (QED) is 0.488. The lowest BCUT2D eigenvalue weighted by Crippen LogP contribution is -2.32. The van der Waals surface area contributed by atoms with Gasteiger partial charge in [0.2, 0.25) is 0 Å². The van der Waals surface area contributed by atoms with Gasteiger partial charge in [-0.3, -0.25) is 10.2 Å². The third-order valence-corrected chi connectivity index (χ3v) is 2.98. The summed E-state index contributed by atoms with van der Waals surface area (Å²) in [7, 11) is 0. The second-order valence-corrected chi connectivity index (χ2v) is 4.09. The number of benzene rings is 1. The minimum absolute atomic E-state index is 0.254. The summed E-state index contributed by atoms with van der Waals surface area (Å²) in [6.07, 6.45) is 0.812. The summed E-state index contributed by atoms with van der Waals surface area (Å²) in [6.45, 7) is 2.76. The van der Waals surface area contributed by atoms with Crippen LogP contribution < -0.4 is 11.3 Å². The number of hydrogen-bond donors (Lipinski definition) is 2. The lowest BCUT2D eigenvalue weighted by molar-refractivity contribution is 0.0944. The number of hydrogen-bond acceptors (Lipinski definition) is 2. The predicted molar refractivity (Wildman–Crippen MR) is 71.0 cm³/mol. The van der Waals surface area contributed by atoms with Crippen LogP contribution in [0.3, 0.4) is 0 Å². The van der Waals surface area contributed by atoms with Crippen LogP contribution >= 0.6 is 0 Å². The molecule has 0 aliphatic heterocycles. The molecule has 3 N–H and O–H groups in total. The maximum atomic E-state index is 11.6. The first-order valence-electron chi connectivity index (χ1n) is 5.99. The molecule has 0 saturated heterocycles. The van der Waals surface area contributed by atoms with Crippen molar-refractivity contribution in [1.29, 1.82) is 0 Å². The van der Waals surface area contributed by atoms with Gasteiger partial charge in [-0.2, -0.15) is 0 Å². The molecule has 0 radical (unpaired) electrons. The van der Waals surface area contributed by atoms with E-state index in [0.717, 1.165) is 18.7 Å². The highest BCUT2D eigenvalue weighted by molar-refractivity contribution is 5.92. The van der Waals surface area contributed by atoms with Crippen LogP contribution in [-0.2, 0) is 13.0 Å². The minimum Gasteiger partial charge on any atom is -0.341 e. The number of carbonyl (C=O) groups excluding carboxylic acids is 1. The molecule has 0 aliphatic carbocycles. The Balaban J connectivity index is 2.29. The van der Waals surface area contributed by atoms with Crippen LogP contribution in [0.5, 0.6) is 0 Å². The van der Waals surface area contributed by atoms with Crippen molar-refractivity contribution in [2.45, 2.75) is 19.9 Å². The molecule has 4 heteroatoms. The van der Waals surface area contributed by atoms with Crippen LogP contribution in [0, 0.1) is 0 Å². The molecule has 1 aromatic carbocycles. The Morgan fingerprint density at radius 1 is 1.22 bits per heavy atom. The third kappa shape index (κ3) is 2.43. The van der Waals surface area contributed by atoms with E-state index in [1.54, 1.807) is 0 Å². The normalized spacial score (nSPS) is 10.3. The number of nitrogens with one attached hydrogen (secondary N) is 1. The van der Waals surface area contributed by atoms with Crippen molar-refractivity contribution < 1.29 is 4.79 Å². The van der Waals surface area contributed by atoms with Crippen molar-refractivity contribution >= 4 is 5.91 Å². The SMILES string of the molecule is CCn1c(Cc2ccccc2)ccc1C(=O)NN. The van der Waals surface area contributed by atoms with E-state index in [0.29, 0.717) is 5.69 Å². The first kappa shape index (κ1) is 12.4. The van der Waals surface area contributed by atoms with E-state index in [1.165, 1.54) is 5.56 Å². The minimum atomic E-state index is -0.254. The summed E-state index contributed by atoms with van der Waals surface area (Å²) in [5.41, 5.74) is 5.12. The first-order valence-corrected chi connectivity index (χ1v) is 5.99. The fourth-order valence-electron chi connectivity index (χ4n) is 2.11. The van der Waals surface area contributed by atoms with Crippen LogP contribution in [-0.4, -0.2) is 10.5 Å². The van der Waals surface area contributed by atoms with Gasteiger partial charge in [-0.05, 0) is 24.6 Å². The summed E-state index contributed by atoms with van der Waals surface area (Å²) in [6, 6.07) is 14.0. The number of amides is 1. The molecular weight excluding hydrogens is 226 g/mol. The maximum Gasteiger partial charge on any atom is 0.281 e. The summed E-state index contributed by atoms with van der Waals surface area (Å²) in [4.78, 5) is 11.6. The standard InChI is InChI=1S/C14H17N3O/c1-2-17-12(8-9-13(17)14(18)16-15)10-11-6-4-3-5-7-11/h3-9H,2,10,15H2,1H3,(H,16,18). The molecule has 1 heterocycles. The Labute approximate surface area is 106 Å². The lowest BCUT2D eigenvalue weighted by atomic mass is 10.1. The van der Waals surface area contributed by atoms with Gasteiger partial charge in [-0.15, -0.1) is 0 Å². The fraction of sp³-hybridized carbons (Fsp3) is 0.214. The molecule has 94 valence electrons. The monoisotopic (exact) mass is 243 g/mol. The van der Waals surface area contributed by atoms with Gasteiger partial charge >= 0.3 is 0 Å². The molecule has 0 unspecified atom stereocenters. The van der Waals surface area contributed by atoms with Gasteiger partial charge in [0.25, 0.3) is 5.91 Å². The molecule has 0 fully saturated rings. The molecule has 0 spiro atoms. The lowest BCUT2D eigenvalue weighted by Gasteiger charge is -2.10. The highest BCUT2D eigenvalue weighted by Crippen LogP contribution is 2.14. The number of nitrogens with zero attached hydrogens (tertiary/aromatic N) is 1. The Hall–Kier alpha value is -2.07. The summed E-state index contributed by atoms with van der Waals surface area (Å²) in [5.74, 6) is 4.92. The fourth-order valence-corrected chi connectivity index (χ4v) is 2.11. The molecule has 2 rings (SSSR count). The number of nitrogens with two attached hydrogens (primary N) is 1. The van der Waals surface area contributed by atoms with E-state index in [-0.39, 0.29) is 5.91 Å². The number of aromatic nitrogens is 1. The van der Waals surface area contributed by atoms with Gasteiger partial charge in [-0.1, -0.05) is 30.3 Å². The van der Waals surface area contributed by atoms with E-state index >= 15 is 0 Å². The average Bonchev–Trinajstić information content (AvgIpc) is 2.81. The highest BCUT2D eigenvalue weighted by Gasteiger charge is 2.12. The molecule has 0 atom stereocenters. The Morgan fingerprint density at radius 2 is 1.94 bits per heavy atom. The number of hydrazine groups is 1. The van der Waals surface area contributed by atoms with Crippen molar-refractivity contribution in [3.05, 3.63) is 59.4 Å². The van der Waals surface area contributed by atoms with Gasteiger partial charge in [0.1, 0.15) is 5.69 Å². The van der Waals surface area contributed by atoms with Gasteiger partial charge in [0.15, 0.2) is 0 Å². The van der Waals surface area contributed by atoms with Gasteiger partial charge in [0.05, 0.1) is 0 Å². The molecule has 4 nitrogen and oxygen atoms in total. The molecule has 0 saturated carbocycles. The van der Waals surface area contributed by atoms with Crippen molar-refractivity contribution in [2.24, 2.45) is 5.84 Å². The highest BCUT2D eigenvalue weighted by atomic mass is 16.2. The molecule has 1 amide bonds. The first-order chi connectivity index (χ1) is 8.76. The van der Waals surface area contributed by atoms with Crippen LogP contribution in [0.2, 0.25) is 0 Å².